The molecule has 2 aromatic rings. The topological polar surface area (TPSA) is 55.8 Å². The van der Waals surface area contributed by atoms with Crippen LogP contribution in [0.2, 0.25) is 0 Å². The Morgan fingerprint density at radius 3 is 2.63 bits per heavy atom. The van der Waals surface area contributed by atoms with Crippen LogP contribution in [0.15, 0.2) is 53.0 Å². The van der Waals surface area contributed by atoms with Crippen molar-refractivity contribution in [3.63, 3.8) is 0 Å². The zero-order chi connectivity index (χ0) is 22.0. The molecule has 1 heterocycles. The number of ether oxygens (including phenoxy) is 2. The van der Waals surface area contributed by atoms with Crippen molar-refractivity contribution < 1.29 is 19.4 Å². The molecule has 4 nitrogen and oxygen atoms in total. The second kappa shape index (κ2) is 9.36. The maximum atomic E-state index is 11.1. The molecule has 1 fully saturated rings. The zero-order valence-electron chi connectivity index (χ0n) is 17.9. The third-order valence-electron chi connectivity index (χ3n) is 5.77. The molecule has 0 aromatic heterocycles. The van der Waals surface area contributed by atoms with Gasteiger partial charge in [-0.05, 0) is 73.3 Å². The van der Waals surface area contributed by atoms with Gasteiger partial charge in [0.2, 0.25) is 0 Å². The predicted molar refractivity (Wildman–Crippen MR) is 122 cm³/mol. The number of halogens is 1. The van der Waals surface area contributed by atoms with Gasteiger partial charge in [0.05, 0.1) is 16.7 Å². The van der Waals surface area contributed by atoms with Crippen LogP contribution in [-0.4, -0.2) is 23.8 Å². The van der Waals surface area contributed by atoms with Gasteiger partial charge in [-0.15, -0.1) is 0 Å². The Kier molecular flexibility index (Phi) is 7.04. The van der Waals surface area contributed by atoms with Crippen molar-refractivity contribution in [3.8, 4) is 5.75 Å². The number of aliphatic carboxylic acids is 1. The van der Waals surface area contributed by atoms with E-state index in [0.717, 1.165) is 27.6 Å². The summed E-state index contributed by atoms with van der Waals surface area (Å²) >= 11 is 3.55. The van der Waals surface area contributed by atoms with Crippen LogP contribution in [-0.2, 0) is 9.53 Å². The van der Waals surface area contributed by atoms with Crippen molar-refractivity contribution in [2.75, 3.05) is 6.61 Å². The van der Waals surface area contributed by atoms with E-state index in [0.29, 0.717) is 5.75 Å². The summed E-state index contributed by atoms with van der Waals surface area (Å²) in [7, 11) is 0. The number of carbonyl (C=O) groups is 1. The molecule has 1 aliphatic heterocycles. The van der Waals surface area contributed by atoms with Gasteiger partial charge in [0.15, 0.2) is 6.61 Å². The van der Waals surface area contributed by atoms with Crippen molar-refractivity contribution in [2.24, 2.45) is 5.92 Å². The Morgan fingerprint density at radius 1 is 1.27 bits per heavy atom. The van der Waals surface area contributed by atoms with E-state index in [1.54, 1.807) is 0 Å². The van der Waals surface area contributed by atoms with Crippen LogP contribution in [0.4, 0.5) is 0 Å². The van der Waals surface area contributed by atoms with Crippen molar-refractivity contribution in [1.29, 1.82) is 0 Å². The van der Waals surface area contributed by atoms with Gasteiger partial charge in [0.25, 0.3) is 0 Å². The molecule has 3 rings (SSSR count). The molecule has 0 aliphatic carbocycles. The van der Waals surface area contributed by atoms with Crippen LogP contribution in [0.5, 0.6) is 5.75 Å². The van der Waals surface area contributed by atoms with Gasteiger partial charge in [0, 0.05) is 17.4 Å². The van der Waals surface area contributed by atoms with E-state index in [1.807, 2.05) is 26.0 Å². The molecule has 1 N–H and O–H groups in total. The van der Waals surface area contributed by atoms with E-state index in [4.69, 9.17) is 14.6 Å². The van der Waals surface area contributed by atoms with Gasteiger partial charge >= 0.3 is 5.97 Å². The minimum absolute atomic E-state index is 0.000915. The minimum Gasteiger partial charge on any atom is -0.480 e. The molecular formula is C25H29BrO4. The van der Waals surface area contributed by atoms with Gasteiger partial charge < -0.3 is 14.6 Å². The predicted octanol–water partition coefficient (Wildman–Crippen LogP) is 6.36. The quantitative estimate of drug-likeness (QED) is 0.497. The molecule has 160 valence electrons. The Morgan fingerprint density at radius 2 is 2.00 bits per heavy atom. The van der Waals surface area contributed by atoms with E-state index in [2.05, 4.69) is 60.6 Å². The van der Waals surface area contributed by atoms with Crippen LogP contribution in [0.25, 0.3) is 0 Å². The largest absolute Gasteiger partial charge is 0.480 e. The molecule has 5 heteroatoms. The standard InChI is InChI=1S/C25H29BrO4/c1-14(2)19-12-20(18-8-6-7-15(3)9-18)17(5)30-24(19)21-10-16(4)11-22(26)25(21)29-13-23(27)28/h6-11,17,19-20,24H,1,12-13H2,2-5H3,(H,27,28)/t17-,19+,20-,24-/m0/s1. The summed E-state index contributed by atoms with van der Waals surface area (Å²) in [6.45, 7) is 12.1. The summed E-state index contributed by atoms with van der Waals surface area (Å²) in [5.74, 6) is -0.130. The molecule has 0 bridgehead atoms. The highest BCUT2D eigenvalue weighted by Gasteiger charge is 2.39. The van der Waals surface area contributed by atoms with Crippen molar-refractivity contribution in [2.45, 2.75) is 52.2 Å². The lowest BCUT2D eigenvalue weighted by molar-refractivity contribution is -0.139. The fourth-order valence-electron chi connectivity index (χ4n) is 4.32. The molecule has 0 radical (unpaired) electrons. The van der Waals surface area contributed by atoms with Crippen LogP contribution >= 0.6 is 15.9 Å². The Labute approximate surface area is 187 Å². The maximum absolute atomic E-state index is 11.1. The average Bonchev–Trinajstić information content (AvgIpc) is 2.66. The highest BCUT2D eigenvalue weighted by molar-refractivity contribution is 9.10. The summed E-state index contributed by atoms with van der Waals surface area (Å²) in [5, 5.41) is 9.10. The van der Waals surface area contributed by atoms with Crippen molar-refractivity contribution in [1.82, 2.24) is 0 Å². The monoisotopic (exact) mass is 472 g/mol. The second-order valence-electron chi connectivity index (χ2n) is 8.32. The SMILES string of the molecule is C=C(C)[C@H]1C[C@H](c2cccc(C)c2)[C@H](C)O[C@@H]1c1cc(C)cc(Br)c1OCC(=O)O. The first-order valence-electron chi connectivity index (χ1n) is 10.2. The number of carboxylic acids is 1. The van der Waals surface area contributed by atoms with Gasteiger partial charge in [0.1, 0.15) is 5.75 Å². The maximum Gasteiger partial charge on any atom is 0.341 e. The first-order valence-corrected chi connectivity index (χ1v) is 11.0. The van der Waals surface area contributed by atoms with E-state index >= 15 is 0 Å². The molecule has 0 spiro atoms. The van der Waals surface area contributed by atoms with Crippen molar-refractivity contribution >= 4 is 21.9 Å². The smallest absolute Gasteiger partial charge is 0.341 e. The number of carboxylic acid groups (broad SMARTS) is 1. The van der Waals surface area contributed by atoms with Gasteiger partial charge in [-0.25, -0.2) is 4.79 Å². The lowest BCUT2D eigenvalue weighted by Crippen LogP contribution is -2.34. The molecule has 0 saturated carbocycles. The van der Waals surface area contributed by atoms with Gasteiger partial charge in [-0.2, -0.15) is 0 Å². The summed E-state index contributed by atoms with van der Waals surface area (Å²) in [6.07, 6.45) is 0.659. The summed E-state index contributed by atoms with van der Waals surface area (Å²) in [5.41, 5.74) is 5.48. The first-order chi connectivity index (χ1) is 14.2. The van der Waals surface area contributed by atoms with Crippen LogP contribution < -0.4 is 4.74 Å². The summed E-state index contributed by atoms with van der Waals surface area (Å²) in [4.78, 5) is 11.1. The molecule has 0 unspecified atom stereocenters. The minimum atomic E-state index is -1.01. The normalized spacial score (nSPS) is 23.8. The number of benzene rings is 2. The van der Waals surface area contributed by atoms with Crippen LogP contribution in [0, 0.1) is 19.8 Å². The second-order valence-corrected chi connectivity index (χ2v) is 9.17. The number of aryl methyl sites for hydroxylation is 2. The Hall–Kier alpha value is -2.11. The van der Waals surface area contributed by atoms with Crippen LogP contribution in [0.1, 0.15) is 54.5 Å². The van der Waals surface area contributed by atoms with E-state index in [-0.39, 0.29) is 24.0 Å². The molecule has 2 aromatic carbocycles. The molecule has 4 atom stereocenters. The zero-order valence-corrected chi connectivity index (χ0v) is 19.5. The summed E-state index contributed by atoms with van der Waals surface area (Å²) < 4.78 is 13.0. The van der Waals surface area contributed by atoms with E-state index in [1.165, 1.54) is 11.1 Å². The number of hydrogen-bond donors (Lipinski definition) is 1. The third kappa shape index (κ3) is 4.96. The molecular weight excluding hydrogens is 444 g/mol. The lowest BCUT2D eigenvalue weighted by Gasteiger charge is -2.42. The average molecular weight is 473 g/mol. The fourth-order valence-corrected chi connectivity index (χ4v) is 5.03. The molecule has 0 amide bonds. The Bertz CT molecular complexity index is 952. The first kappa shape index (κ1) is 22.6. The highest BCUT2D eigenvalue weighted by Crippen LogP contribution is 2.49. The molecule has 1 aliphatic rings. The van der Waals surface area contributed by atoms with Gasteiger partial charge in [-0.3, -0.25) is 0 Å². The Balaban J connectivity index is 2.00. The van der Waals surface area contributed by atoms with Crippen molar-refractivity contribution in [3.05, 3.63) is 75.3 Å². The highest BCUT2D eigenvalue weighted by atomic mass is 79.9. The molecule has 30 heavy (non-hydrogen) atoms. The van der Waals surface area contributed by atoms with E-state index in [9.17, 15) is 4.79 Å². The lowest BCUT2D eigenvalue weighted by atomic mass is 9.75. The van der Waals surface area contributed by atoms with E-state index < -0.39 is 12.6 Å². The third-order valence-corrected chi connectivity index (χ3v) is 6.36. The number of rotatable bonds is 6. The molecule has 1 saturated heterocycles. The fraction of sp³-hybridized carbons (Fsp3) is 0.400. The van der Waals surface area contributed by atoms with Gasteiger partial charge in [-0.1, -0.05) is 42.0 Å². The van der Waals surface area contributed by atoms with Crippen LogP contribution in [0.3, 0.4) is 0 Å². The summed E-state index contributed by atoms with van der Waals surface area (Å²) in [6, 6.07) is 12.5. The number of hydrogen-bond acceptors (Lipinski definition) is 3.